The van der Waals surface area contributed by atoms with Crippen LogP contribution in [-0.2, 0) is 0 Å². The number of fused-ring (bicyclic) bond motifs is 1. The molecule has 0 bridgehead atoms. The van der Waals surface area contributed by atoms with Crippen LogP contribution in [-0.4, -0.2) is 60.0 Å². The van der Waals surface area contributed by atoms with Crippen LogP contribution in [0, 0.1) is 5.82 Å². The second-order valence-corrected chi connectivity index (χ2v) is 9.11. The van der Waals surface area contributed by atoms with Gasteiger partial charge in [0.05, 0.1) is 27.2 Å². The van der Waals surface area contributed by atoms with Gasteiger partial charge in [0.25, 0.3) is 5.91 Å². The van der Waals surface area contributed by atoms with Crippen molar-refractivity contribution in [1.82, 2.24) is 14.8 Å². The number of anilines is 1. The summed E-state index contributed by atoms with van der Waals surface area (Å²) in [5.74, 6) is -0.785. The first-order valence-corrected chi connectivity index (χ1v) is 12.4. The molecule has 32 heavy (non-hydrogen) atoms. The molecule has 0 spiro atoms. The predicted octanol–water partition coefficient (Wildman–Crippen LogP) is 5.48. The molecule has 170 valence electrons. The number of pyridine rings is 1. The van der Waals surface area contributed by atoms with E-state index in [4.69, 9.17) is 4.98 Å². The summed E-state index contributed by atoms with van der Waals surface area (Å²) >= 11 is 1.66. The van der Waals surface area contributed by atoms with Gasteiger partial charge in [0, 0.05) is 25.2 Å². The van der Waals surface area contributed by atoms with Crippen molar-refractivity contribution < 1.29 is 9.18 Å². The minimum absolute atomic E-state index is 0.106. The van der Waals surface area contributed by atoms with Gasteiger partial charge in [0.15, 0.2) is 0 Å². The van der Waals surface area contributed by atoms with Gasteiger partial charge in [-0.2, -0.15) is 0 Å². The minimum Gasteiger partial charge on any atom is -0.384 e. The molecule has 0 unspecified atom stereocenters. The Balaban J connectivity index is 1.53. The molecule has 2 aromatic heterocycles. The van der Waals surface area contributed by atoms with Crippen molar-refractivity contribution in [2.45, 2.75) is 33.1 Å². The monoisotopic (exact) mass is 454 g/mol. The van der Waals surface area contributed by atoms with Crippen LogP contribution < -0.4 is 5.32 Å². The number of amides is 1. The summed E-state index contributed by atoms with van der Waals surface area (Å²) in [6, 6.07) is 8.78. The summed E-state index contributed by atoms with van der Waals surface area (Å²) in [6.07, 6.45) is 3.71. The molecule has 3 aromatic rings. The molecule has 0 radical (unpaired) electrons. The van der Waals surface area contributed by atoms with Crippen LogP contribution >= 0.6 is 11.3 Å². The Bertz CT molecular complexity index is 1070. The van der Waals surface area contributed by atoms with Crippen molar-refractivity contribution in [3.8, 4) is 11.3 Å². The quantitative estimate of drug-likeness (QED) is 0.435. The normalized spacial score (nSPS) is 14.2. The Kier molecular flexibility index (Phi) is 7.37. The molecule has 5 nitrogen and oxygen atoms in total. The second kappa shape index (κ2) is 10.4. The molecule has 1 fully saturated rings. The Hall–Kier alpha value is -2.51. The first kappa shape index (κ1) is 22.7. The van der Waals surface area contributed by atoms with Crippen LogP contribution in [0.2, 0.25) is 0 Å². The molecule has 1 amide bonds. The van der Waals surface area contributed by atoms with Crippen LogP contribution in [0.4, 0.5) is 10.1 Å². The molecule has 0 aliphatic carbocycles. The zero-order valence-corrected chi connectivity index (χ0v) is 19.7. The molecule has 1 aliphatic heterocycles. The Morgan fingerprint density at radius 1 is 1.19 bits per heavy atom. The number of halogens is 1. The van der Waals surface area contributed by atoms with Crippen molar-refractivity contribution >= 4 is 33.1 Å². The topological polar surface area (TPSA) is 48.5 Å². The second-order valence-electron chi connectivity index (χ2n) is 8.19. The number of carbonyl (C=O) groups is 1. The van der Waals surface area contributed by atoms with E-state index < -0.39 is 5.82 Å². The van der Waals surface area contributed by atoms with Gasteiger partial charge in [0.2, 0.25) is 0 Å². The fourth-order valence-corrected chi connectivity index (χ4v) is 5.12. The van der Waals surface area contributed by atoms with Gasteiger partial charge in [-0.3, -0.25) is 4.79 Å². The van der Waals surface area contributed by atoms with Crippen LogP contribution in [0.25, 0.3) is 21.5 Å². The lowest BCUT2D eigenvalue weighted by atomic mass is 10.1. The maximum Gasteiger partial charge on any atom is 0.256 e. The number of hydrogen-bond donors (Lipinski definition) is 1. The Morgan fingerprint density at radius 3 is 2.69 bits per heavy atom. The highest BCUT2D eigenvalue weighted by molar-refractivity contribution is 7.17. The third-order valence-corrected chi connectivity index (χ3v) is 7.06. The van der Waals surface area contributed by atoms with E-state index in [1.54, 1.807) is 28.4 Å². The molecular formula is C25H31FN4OS. The van der Waals surface area contributed by atoms with Crippen LogP contribution in [0.5, 0.6) is 0 Å². The number of rotatable bonds is 9. The zero-order chi connectivity index (χ0) is 22.5. The van der Waals surface area contributed by atoms with Gasteiger partial charge in [-0.05, 0) is 82.4 Å². The molecular weight excluding hydrogens is 423 g/mol. The Morgan fingerprint density at radius 2 is 1.97 bits per heavy atom. The first-order chi connectivity index (χ1) is 15.6. The molecule has 0 atom stereocenters. The van der Waals surface area contributed by atoms with Gasteiger partial charge in [-0.1, -0.05) is 6.07 Å². The van der Waals surface area contributed by atoms with Gasteiger partial charge in [0.1, 0.15) is 5.82 Å². The maximum absolute atomic E-state index is 14.9. The molecule has 1 saturated heterocycles. The number of thiophene rings is 1. The third-order valence-electron chi connectivity index (χ3n) is 6.12. The summed E-state index contributed by atoms with van der Waals surface area (Å²) in [5.41, 5.74) is 3.42. The summed E-state index contributed by atoms with van der Waals surface area (Å²) < 4.78 is 16.0. The van der Waals surface area contributed by atoms with Crippen LogP contribution in [0.15, 0.2) is 35.7 Å². The van der Waals surface area contributed by atoms with E-state index in [0.29, 0.717) is 24.3 Å². The van der Waals surface area contributed by atoms with Gasteiger partial charge in [-0.25, -0.2) is 9.37 Å². The smallest absolute Gasteiger partial charge is 0.256 e. The lowest BCUT2D eigenvalue weighted by molar-refractivity contribution is 0.0768. The number of nitrogens with zero attached hydrogens (tertiary/aromatic N) is 3. The fourth-order valence-electron chi connectivity index (χ4n) is 4.30. The van der Waals surface area contributed by atoms with E-state index in [2.05, 4.69) is 10.2 Å². The minimum atomic E-state index is -0.508. The Labute approximate surface area is 193 Å². The van der Waals surface area contributed by atoms with E-state index in [0.717, 1.165) is 35.4 Å². The standard InChI is InChI=1S/C25H31FN4OS/c1-3-30(4-2)25(31)19-9-8-18(16-20(19)26)22-17-23(24-21(28-22)10-15-32-24)27-11-7-14-29-12-5-6-13-29/h8-10,15-17H,3-7,11-14H2,1-2H3,(H,27,28). The predicted molar refractivity (Wildman–Crippen MR) is 131 cm³/mol. The third kappa shape index (κ3) is 4.94. The van der Waals surface area contributed by atoms with Crippen molar-refractivity contribution in [2.75, 3.05) is 44.6 Å². The number of carbonyl (C=O) groups excluding carboxylic acids is 1. The van der Waals surface area contributed by atoms with Crippen LogP contribution in [0.3, 0.4) is 0 Å². The highest BCUT2D eigenvalue weighted by atomic mass is 32.1. The largest absolute Gasteiger partial charge is 0.384 e. The highest BCUT2D eigenvalue weighted by Crippen LogP contribution is 2.32. The number of nitrogens with one attached hydrogen (secondary N) is 1. The van der Waals surface area contributed by atoms with Gasteiger partial charge in [-0.15, -0.1) is 11.3 Å². The number of likely N-dealkylation sites (tertiary alicyclic amines) is 1. The lowest BCUT2D eigenvalue weighted by Gasteiger charge is -2.19. The van der Waals surface area contributed by atoms with Gasteiger partial charge >= 0.3 is 0 Å². The summed E-state index contributed by atoms with van der Waals surface area (Å²) in [5, 5.41) is 5.60. The molecule has 0 saturated carbocycles. The van der Waals surface area contributed by atoms with Crippen molar-refractivity contribution in [1.29, 1.82) is 0 Å². The molecule has 3 heterocycles. The van der Waals surface area contributed by atoms with Gasteiger partial charge < -0.3 is 15.1 Å². The van der Waals surface area contributed by atoms with E-state index in [1.807, 2.05) is 31.4 Å². The summed E-state index contributed by atoms with van der Waals surface area (Å²) in [6.45, 7) is 9.34. The maximum atomic E-state index is 14.9. The van der Waals surface area contributed by atoms with E-state index in [1.165, 1.54) is 32.0 Å². The summed E-state index contributed by atoms with van der Waals surface area (Å²) in [4.78, 5) is 21.5. The fraction of sp³-hybridized carbons (Fsp3) is 0.440. The van der Waals surface area contributed by atoms with Crippen molar-refractivity contribution in [3.05, 3.63) is 47.1 Å². The SMILES string of the molecule is CCN(CC)C(=O)c1ccc(-c2cc(NCCCN3CCCC3)c3sccc3n2)cc1F. The van der Waals surface area contributed by atoms with E-state index in [-0.39, 0.29) is 11.5 Å². The van der Waals surface area contributed by atoms with Crippen molar-refractivity contribution in [2.24, 2.45) is 0 Å². The number of hydrogen-bond acceptors (Lipinski definition) is 5. The molecule has 1 N–H and O–H groups in total. The van der Waals surface area contributed by atoms with Crippen molar-refractivity contribution in [3.63, 3.8) is 0 Å². The molecule has 1 aliphatic rings. The van der Waals surface area contributed by atoms with E-state index in [9.17, 15) is 9.18 Å². The average molecular weight is 455 g/mol. The van der Waals surface area contributed by atoms with E-state index >= 15 is 0 Å². The average Bonchev–Trinajstić information content (AvgIpc) is 3.49. The first-order valence-electron chi connectivity index (χ1n) is 11.5. The molecule has 1 aromatic carbocycles. The highest BCUT2D eigenvalue weighted by Gasteiger charge is 2.18. The molecule has 4 rings (SSSR count). The number of benzene rings is 1. The van der Waals surface area contributed by atoms with Crippen LogP contribution in [0.1, 0.15) is 43.5 Å². The lowest BCUT2D eigenvalue weighted by Crippen LogP contribution is -2.31. The zero-order valence-electron chi connectivity index (χ0n) is 18.9. The number of aromatic nitrogens is 1. The summed E-state index contributed by atoms with van der Waals surface area (Å²) in [7, 11) is 0. The molecule has 7 heteroatoms.